The summed E-state index contributed by atoms with van der Waals surface area (Å²) < 4.78 is 1.84. The van der Waals surface area contributed by atoms with Gasteiger partial charge in [-0.2, -0.15) is 0 Å². The Hall–Kier alpha value is -3.03. The minimum absolute atomic E-state index is 0.00202. The number of hydrogen-bond acceptors (Lipinski definition) is 6. The van der Waals surface area contributed by atoms with E-state index in [-0.39, 0.29) is 23.1 Å². The minimum Gasteiger partial charge on any atom is -0.493 e. The van der Waals surface area contributed by atoms with E-state index in [0.717, 1.165) is 30.2 Å². The van der Waals surface area contributed by atoms with Gasteiger partial charge in [-0.1, -0.05) is 38.0 Å². The SMILES string of the molecule is CCCCCn1c(O)c(N=Nc2nnc(C)c(=O)[nH]2)c2ccccc21. The van der Waals surface area contributed by atoms with Gasteiger partial charge >= 0.3 is 0 Å². The molecule has 0 fully saturated rings. The van der Waals surface area contributed by atoms with Crippen LogP contribution in [-0.2, 0) is 6.54 Å². The first kappa shape index (κ1) is 16.8. The zero-order chi connectivity index (χ0) is 17.8. The molecular weight excluding hydrogens is 320 g/mol. The van der Waals surface area contributed by atoms with Gasteiger partial charge < -0.3 is 9.67 Å². The number of benzene rings is 1. The molecule has 0 saturated carbocycles. The van der Waals surface area contributed by atoms with Crippen LogP contribution in [0.2, 0.25) is 0 Å². The third kappa shape index (κ3) is 3.42. The van der Waals surface area contributed by atoms with E-state index in [4.69, 9.17) is 0 Å². The zero-order valence-corrected chi connectivity index (χ0v) is 14.2. The molecule has 0 aliphatic rings. The van der Waals surface area contributed by atoms with Gasteiger partial charge in [0.05, 0.1) is 5.52 Å². The lowest BCUT2D eigenvalue weighted by molar-refractivity contribution is 0.417. The molecule has 1 aromatic carbocycles. The molecule has 8 nitrogen and oxygen atoms in total. The molecule has 0 saturated heterocycles. The monoisotopic (exact) mass is 340 g/mol. The molecule has 0 amide bonds. The van der Waals surface area contributed by atoms with Crippen LogP contribution in [0.4, 0.5) is 11.6 Å². The van der Waals surface area contributed by atoms with Gasteiger partial charge in [-0.3, -0.25) is 9.78 Å². The number of H-pyrrole nitrogens is 1. The third-order valence-electron chi connectivity index (χ3n) is 4.00. The second-order valence-corrected chi connectivity index (χ2v) is 5.81. The van der Waals surface area contributed by atoms with Gasteiger partial charge in [0.15, 0.2) is 5.69 Å². The number of hydrogen-bond donors (Lipinski definition) is 2. The summed E-state index contributed by atoms with van der Waals surface area (Å²) in [4.78, 5) is 14.1. The highest BCUT2D eigenvalue weighted by Crippen LogP contribution is 2.39. The Morgan fingerprint density at radius 1 is 1.20 bits per heavy atom. The van der Waals surface area contributed by atoms with Gasteiger partial charge in [0.25, 0.3) is 11.5 Å². The van der Waals surface area contributed by atoms with E-state index in [1.54, 1.807) is 6.92 Å². The highest BCUT2D eigenvalue weighted by molar-refractivity contribution is 5.94. The number of aromatic amines is 1. The second kappa shape index (κ2) is 7.25. The maximum absolute atomic E-state index is 11.6. The number of aromatic nitrogens is 4. The summed E-state index contributed by atoms with van der Waals surface area (Å²) in [6.07, 6.45) is 3.16. The van der Waals surface area contributed by atoms with Crippen LogP contribution in [0.3, 0.4) is 0 Å². The number of fused-ring (bicyclic) bond motifs is 1. The molecule has 2 aromatic heterocycles. The average Bonchev–Trinajstić information content (AvgIpc) is 2.88. The van der Waals surface area contributed by atoms with Crippen LogP contribution in [0, 0.1) is 6.92 Å². The number of nitrogens with zero attached hydrogens (tertiary/aromatic N) is 5. The van der Waals surface area contributed by atoms with Crippen molar-refractivity contribution in [3.05, 3.63) is 40.3 Å². The van der Waals surface area contributed by atoms with Crippen LogP contribution < -0.4 is 5.56 Å². The van der Waals surface area contributed by atoms with Crippen LogP contribution >= 0.6 is 0 Å². The molecule has 0 spiro atoms. The predicted octanol–water partition coefficient (Wildman–Crippen LogP) is 3.74. The molecule has 2 N–H and O–H groups in total. The number of azo groups is 1. The van der Waals surface area contributed by atoms with E-state index >= 15 is 0 Å². The minimum atomic E-state index is -0.366. The number of nitrogens with one attached hydrogen (secondary N) is 1. The summed E-state index contributed by atoms with van der Waals surface area (Å²) in [5.74, 6) is 0.0567. The summed E-state index contributed by atoms with van der Waals surface area (Å²) in [5.41, 5.74) is 1.15. The quantitative estimate of drug-likeness (QED) is 0.526. The fourth-order valence-electron chi connectivity index (χ4n) is 2.64. The Morgan fingerprint density at radius 3 is 2.76 bits per heavy atom. The summed E-state index contributed by atoms with van der Waals surface area (Å²) in [6, 6.07) is 7.61. The number of para-hydroxylation sites is 1. The number of aromatic hydroxyl groups is 1. The van der Waals surface area contributed by atoms with Crippen molar-refractivity contribution < 1.29 is 5.11 Å². The summed E-state index contributed by atoms with van der Waals surface area (Å²) in [5, 5.41) is 26.9. The first-order chi connectivity index (χ1) is 12.1. The van der Waals surface area contributed by atoms with Crippen molar-refractivity contribution >= 4 is 22.5 Å². The van der Waals surface area contributed by atoms with E-state index < -0.39 is 0 Å². The molecule has 3 aromatic rings. The lowest BCUT2D eigenvalue weighted by Crippen LogP contribution is -2.12. The van der Waals surface area contributed by atoms with Gasteiger partial charge in [0.1, 0.15) is 5.69 Å². The highest BCUT2D eigenvalue weighted by Gasteiger charge is 2.16. The molecule has 0 bridgehead atoms. The molecule has 0 aliphatic carbocycles. The van der Waals surface area contributed by atoms with E-state index in [0.29, 0.717) is 12.2 Å². The Morgan fingerprint density at radius 2 is 2.00 bits per heavy atom. The fraction of sp³-hybridized carbons (Fsp3) is 0.353. The molecule has 0 radical (unpaired) electrons. The maximum atomic E-state index is 11.6. The van der Waals surface area contributed by atoms with Crippen molar-refractivity contribution in [1.29, 1.82) is 0 Å². The predicted molar refractivity (Wildman–Crippen MR) is 94.7 cm³/mol. The topological polar surface area (TPSA) is 109 Å². The molecule has 0 aliphatic heterocycles. The van der Waals surface area contributed by atoms with Gasteiger partial charge in [-0.05, 0) is 19.4 Å². The highest BCUT2D eigenvalue weighted by atomic mass is 16.3. The van der Waals surface area contributed by atoms with Gasteiger partial charge in [0.2, 0.25) is 5.88 Å². The summed E-state index contributed by atoms with van der Waals surface area (Å²) in [7, 11) is 0. The van der Waals surface area contributed by atoms with Gasteiger partial charge in [-0.25, -0.2) is 0 Å². The third-order valence-corrected chi connectivity index (χ3v) is 4.00. The molecule has 0 atom stereocenters. The van der Waals surface area contributed by atoms with E-state index in [9.17, 15) is 9.90 Å². The van der Waals surface area contributed by atoms with E-state index in [2.05, 4.69) is 32.3 Å². The molecular formula is C17H20N6O2. The van der Waals surface area contributed by atoms with Crippen molar-refractivity contribution in [1.82, 2.24) is 19.7 Å². The Bertz CT molecular complexity index is 973. The van der Waals surface area contributed by atoms with Gasteiger partial charge in [0, 0.05) is 11.9 Å². The van der Waals surface area contributed by atoms with Crippen molar-refractivity contribution in [2.75, 3.05) is 0 Å². The van der Waals surface area contributed by atoms with Crippen LogP contribution in [0.1, 0.15) is 31.9 Å². The van der Waals surface area contributed by atoms with Crippen LogP contribution in [0.15, 0.2) is 39.3 Å². The number of rotatable bonds is 6. The van der Waals surface area contributed by atoms with Crippen molar-refractivity contribution in [2.45, 2.75) is 39.7 Å². The second-order valence-electron chi connectivity index (χ2n) is 5.81. The van der Waals surface area contributed by atoms with Crippen LogP contribution in [0.25, 0.3) is 10.9 Å². The normalized spacial score (nSPS) is 11.6. The number of unbranched alkanes of at least 4 members (excludes halogenated alkanes) is 2. The Labute approximate surface area is 144 Å². The Kier molecular flexibility index (Phi) is 4.87. The molecule has 2 heterocycles. The Balaban J connectivity index is 2.00. The molecule has 3 rings (SSSR count). The van der Waals surface area contributed by atoms with Crippen molar-refractivity contribution in [3.8, 4) is 5.88 Å². The average molecular weight is 340 g/mol. The standard InChI is InChI=1S/C17H20N6O2/c1-3-4-7-10-23-13-9-6-5-8-12(13)14(16(23)25)20-22-17-18-15(24)11(2)19-21-17/h5-6,8-9,25H,3-4,7,10H2,1-2H3,(H,18,21,24). The molecule has 8 heteroatoms. The lowest BCUT2D eigenvalue weighted by Gasteiger charge is -2.05. The summed E-state index contributed by atoms with van der Waals surface area (Å²) in [6.45, 7) is 4.40. The van der Waals surface area contributed by atoms with Crippen molar-refractivity contribution in [2.24, 2.45) is 10.2 Å². The van der Waals surface area contributed by atoms with E-state index in [1.165, 1.54) is 0 Å². The molecule has 25 heavy (non-hydrogen) atoms. The van der Waals surface area contributed by atoms with Crippen molar-refractivity contribution in [3.63, 3.8) is 0 Å². The maximum Gasteiger partial charge on any atom is 0.274 e. The zero-order valence-electron chi connectivity index (χ0n) is 14.2. The smallest absolute Gasteiger partial charge is 0.274 e. The van der Waals surface area contributed by atoms with Crippen LogP contribution in [0.5, 0.6) is 5.88 Å². The first-order valence-electron chi connectivity index (χ1n) is 8.27. The molecule has 130 valence electrons. The first-order valence-corrected chi connectivity index (χ1v) is 8.27. The number of aryl methyl sites for hydroxylation is 2. The fourth-order valence-corrected chi connectivity index (χ4v) is 2.64. The lowest BCUT2D eigenvalue weighted by atomic mass is 10.2. The summed E-state index contributed by atoms with van der Waals surface area (Å²) >= 11 is 0. The van der Waals surface area contributed by atoms with E-state index in [1.807, 2.05) is 28.8 Å². The largest absolute Gasteiger partial charge is 0.493 e. The van der Waals surface area contributed by atoms with Crippen LogP contribution in [-0.4, -0.2) is 24.9 Å². The molecule has 0 unspecified atom stereocenters. The van der Waals surface area contributed by atoms with Gasteiger partial charge in [-0.15, -0.1) is 20.4 Å².